The van der Waals surface area contributed by atoms with Gasteiger partial charge in [-0.15, -0.1) is 0 Å². The summed E-state index contributed by atoms with van der Waals surface area (Å²) in [5.41, 5.74) is 2.50. The number of benzene rings is 1. The Labute approximate surface area is 118 Å². The lowest BCUT2D eigenvalue weighted by molar-refractivity contribution is -0.0498. The largest absolute Gasteiger partial charge is 0.435 e. The topological polar surface area (TPSA) is 21.3 Å². The van der Waals surface area contributed by atoms with Gasteiger partial charge >= 0.3 is 6.61 Å². The quantitative estimate of drug-likeness (QED) is 0.778. The highest BCUT2D eigenvalue weighted by molar-refractivity contribution is 5.34. The van der Waals surface area contributed by atoms with Crippen molar-refractivity contribution in [3.63, 3.8) is 0 Å². The van der Waals surface area contributed by atoms with E-state index >= 15 is 0 Å². The predicted molar refractivity (Wildman–Crippen MR) is 76.0 cm³/mol. The van der Waals surface area contributed by atoms with Crippen LogP contribution in [0.1, 0.15) is 44.2 Å². The zero-order chi connectivity index (χ0) is 14.4. The summed E-state index contributed by atoms with van der Waals surface area (Å²) >= 11 is 0. The highest BCUT2D eigenvalue weighted by atomic mass is 19.3. The van der Waals surface area contributed by atoms with Crippen LogP contribution in [0.5, 0.6) is 5.75 Å². The van der Waals surface area contributed by atoms with E-state index in [1.165, 1.54) is 18.4 Å². The molecule has 110 valence electrons. The third kappa shape index (κ3) is 4.04. The zero-order valence-corrected chi connectivity index (χ0v) is 11.7. The molecular formula is C16H21F2NO. The molecule has 1 N–H and O–H groups in total. The van der Waals surface area contributed by atoms with Crippen molar-refractivity contribution in [2.24, 2.45) is 0 Å². The molecule has 0 spiro atoms. The Kier molecular flexibility index (Phi) is 5.53. The fourth-order valence-electron chi connectivity index (χ4n) is 2.63. The van der Waals surface area contributed by atoms with Crippen LogP contribution < -0.4 is 10.1 Å². The van der Waals surface area contributed by atoms with E-state index in [1.54, 1.807) is 12.1 Å². The highest BCUT2D eigenvalue weighted by Gasteiger charge is 2.17. The number of likely N-dealkylation sites (N-methyl/N-ethyl adjacent to an activating group) is 1. The van der Waals surface area contributed by atoms with Gasteiger partial charge < -0.3 is 10.1 Å². The smallest absolute Gasteiger partial charge is 0.387 e. The third-order valence-corrected chi connectivity index (χ3v) is 3.54. The van der Waals surface area contributed by atoms with Gasteiger partial charge in [-0.05, 0) is 49.9 Å². The molecule has 0 bridgehead atoms. The first-order valence-corrected chi connectivity index (χ1v) is 7.17. The van der Waals surface area contributed by atoms with Gasteiger partial charge in [0.25, 0.3) is 0 Å². The van der Waals surface area contributed by atoms with Crippen LogP contribution in [0.25, 0.3) is 0 Å². The number of ether oxygens (including phenoxy) is 1. The van der Waals surface area contributed by atoms with Crippen LogP contribution in [0.3, 0.4) is 0 Å². The van der Waals surface area contributed by atoms with Gasteiger partial charge in [-0.2, -0.15) is 8.78 Å². The van der Waals surface area contributed by atoms with Crippen LogP contribution >= 0.6 is 0 Å². The summed E-state index contributed by atoms with van der Waals surface area (Å²) in [6.07, 6.45) is 7.01. The molecule has 0 fully saturated rings. The van der Waals surface area contributed by atoms with Crippen molar-refractivity contribution in [1.29, 1.82) is 0 Å². The monoisotopic (exact) mass is 281 g/mol. The number of rotatable bonds is 6. The maximum atomic E-state index is 12.1. The lowest BCUT2D eigenvalue weighted by Crippen LogP contribution is -2.23. The van der Waals surface area contributed by atoms with Crippen molar-refractivity contribution < 1.29 is 13.5 Å². The molecule has 1 aromatic rings. The van der Waals surface area contributed by atoms with E-state index < -0.39 is 6.61 Å². The Bertz CT molecular complexity index is 442. The molecule has 1 aliphatic carbocycles. The molecule has 0 amide bonds. The van der Waals surface area contributed by atoms with E-state index in [9.17, 15) is 8.78 Å². The Morgan fingerprint density at radius 2 is 1.95 bits per heavy atom. The summed E-state index contributed by atoms with van der Waals surface area (Å²) in [4.78, 5) is 0. The molecule has 0 aromatic heterocycles. The average Bonchev–Trinajstić information content (AvgIpc) is 2.46. The van der Waals surface area contributed by atoms with Crippen molar-refractivity contribution in [2.45, 2.75) is 45.3 Å². The zero-order valence-electron chi connectivity index (χ0n) is 11.7. The summed E-state index contributed by atoms with van der Waals surface area (Å²) in [6, 6.07) is 7.12. The van der Waals surface area contributed by atoms with Gasteiger partial charge in [-0.3, -0.25) is 0 Å². The molecule has 0 saturated carbocycles. The van der Waals surface area contributed by atoms with Gasteiger partial charge in [0.2, 0.25) is 0 Å². The van der Waals surface area contributed by atoms with Gasteiger partial charge in [-0.1, -0.05) is 30.7 Å². The third-order valence-electron chi connectivity index (χ3n) is 3.54. The van der Waals surface area contributed by atoms with Crippen molar-refractivity contribution in [2.75, 3.05) is 6.54 Å². The lowest BCUT2D eigenvalue weighted by Gasteiger charge is -2.24. The van der Waals surface area contributed by atoms with Crippen LogP contribution in [0.4, 0.5) is 8.78 Å². The molecule has 20 heavy (non-hydrogen) atoms. The number of alkyl halides is 2. The highest BCUT2D eigenvalue weighted by Crippen LogP contribution is 2.30. The molecule has 2 nitrogen and oxygen atoms in total. The molecule has 2 rings (SSSR count). The number of halogens is 2. The maximum Gasteiger partial charge on any atom is 0.387 e. The first-order valence-electron chi connectivity index (χ1n) is 7.17. The molecule has 1 aliphatic rings. The molecule has 1 aromatic carbocycles. The standard InChI is InChI=1S/C16H21F2NO/c1-2-19-15(12-6-4-3-5-7-12)13-8-10-14(11-9-13)20-16(17)18/h6,8-11,15-16,19H,2-5,7H2,1H3. The number of allylic oxidation sites excluding steroid dienone is 1. The van der Waals surface area contributed by atoms with Gasteiger partial charge in [0.05, 0.1) is 6.04 Å². The average molecular weight is 281 g/mol. The molecule has 0 saturated heterocycles. The van der Waals surface area contributed by atoms with E-state index in [0.717, 1.165) is 24.9 Å². The van der Waals surface area contributed by atoms with E-state index in [4.69, 9.17) is 0 Å². The Morgan fingerprint density at radius 3 is 2.50 bits per heavy atom. The molecule has 0 aliphatic heterocycles. The van der Waals surface area contributed by atoms with Crippen LogP contribution in [0, 0.1) is 0 Å². The minimum Gasteiger partial charge on any atom is -0.435 e. The number of hydrogen-bond donors (Lipinski definition) is 1. The van der Waals surface area contributed by atoms with E-state index in [0.29, 0.717) is 0 Å². The van der Waals surface area contributed by atoms with Crippen molar-refractivity contribution in [1.82, 2.24) is 5.32 Å². The summed E-state index contributed by atoms with van der Waals surface area (Å²) in [6.45, 7) is 0.175. The molecule has 1 atom stereocenters. The molecular weight excluding hydrogens is 260 g/mol. The normalized spacial score (nSPS) is 16.9. The molecule has 1 unspecified atom stereocenters. The van der Waals surface area contributed by atoms with Crippen molar-refractivity contribution >= 4 is 0 Å². The molecule has 4 heteroatoms. The van der Waals surface area contributed by atoms with E-state index in [1.807, 2.05) is 12.1 Å². The first kappa shape index (κ1) is 15.0. The van der Waals surface area contributed by atoms with Crippen LogP contribution in [0.15, 0.2) is 35.9 Å². The summed E-state index contributed by atoms with van der Waals surface area (Å²) in [5.74, 6) is 0.205. The number of hydrogen-bond acceptors (Lipinski definition) is 2. The predicted octanol–water partition coefficient (Wildman–Crippen LogP) is 4.44. The molecule has 0 heterocycles. The Balaban J connectivity index is 2.14. The van der Waals surface area contributed by atoms with Gasteiger partial charge in [-0.25, -0.2) is 0 Å². The number of nitrogens with one attached hydrogen (secondary N) is 1. The van der Waals surface area contributed by atoms with Crippen LogP contribution in [-0.2, 0) is 0 Å². The summed E-state index contributed by atoms with van der Waals surface area (Å²) in [5, 5.41) is 3.47. The first-order chi connectivity index (χ1) is 9.70. The summed E-state index contributed by atoms with van der Waals surface area (Å²) < 4.78 is 28.7. The lowest BCUT2D eigenvalue weighted by atomic mass is 9.90. The summed E-state index contributed by atoms with van der Waals surface area (Å²) in [7, 11) is 0. The minimum absolute atomic E-state index is 0.181. The fourth-order valence-corrected chi connectivity index (χ4v) is 2.63. The van der Waals surface area contributed by atoms with E-state index in [-0.39, 0.29) is 11.8 Å². The second-order valence-electron chi connectivity index (χ2n) is 4.96. The van der Waals surface area contributed by atoms with E-state index in [2.05, 4.69) is 23.1 Å². The second kappa shape index (κ2) is 7.39. The van der Waals surface area contributed by atoms with Crippen LogP contribution in [0.2, 0.25) is 0 Å². The second-order valence-corrected chi connectivity index (χ2v) is 4.96. The maximum absolute atomic E-state index is 12.1. The Hall–Kier alpha value is -1.42. The Morgan fingerprint density at radius 1 is 1.20 bits per heavy atom. The van der Waals surface area contributed by atoms with Crippen molar-refractivity contribution in [3.05, 3.63) is 41.5 Å². The fraction of sp³-hybridized carbons (Fsp3) is 0.500. The SMILES string of the molecule is CCNC(C1=CCCCC1)c1ccc(OC(F)F)cc1. The minimum atomic E-state index is -2.77. The van der Waals surface area contributed by atoms with Gasteiger partial charge in [0, 0.05) is 0 Å². The van der Waals surface area contributed by atoms with Gasteiger partial charge in [0.1, 0.15) is 5.75 Å². The van der Waals surface area contributed by atoms with Gasteiger partial charge in [0.15, 0.2) is 0 Å². The molecule has 0 radical (unpaired) electrons. The van der Waals surface area contributed by atoms with Crippen LogP contribution in [-0.4, -0.2) is 13.2 Å². The van der Waals surface area contributed by atoms with Crippen molar-refractivity contribution in [3.8, 4) is 5.75 Å².